The van der Waals surface area contributed by atoms with E-state index in [2.05, 4.69) is 19.2 Å². The van der Waals surface area contributed by atoms with Crippen molar-refractivity contribution >= 4 is 10.0 Å². The molecule has 0 unspecified atom stereocenters. The first kappa shape index (κ1) is 17.2. The first-order valence-electron chi connectivity index (χ1n) is 8.58. The summed E-state index contributed by atoms with van der Waals surface area (Å²) in [6, 6.07) is 0. The summed E-state index contributed by atoms with van der Waals surface area (Å²) in [4.78, 5) is 0. The number of sulfonamides is 1. The van der Waals surface area contributed by atoms with E-state index in [1.165, 1.54) is 19.3 Å². The van der Waals surface area contributed by atoms with Crippen LogP contribution in [-0.4, -0.2) is 44.7 Å². The average Bonchev–Trinajstić information content (AvgIpc) is 2.44. The highest BCUT2D eigenvalue weighted by molar-refractivity contribution is 7.89. The highest BCUT2D eigenvalue weighted by Gasteiger charge is 2.31. The topological polar surface area (TPSA) is 49.4 Å². The SMILES string of the molecule is CC1(C)CCN(S(=O)(=O)CCCCC2CCNCC2)CC1. The maximum absolute atomic E-state index is 12.4. The zero-order valence-electron chi connectivity index (χ0n) is 13.7. The first-order valence-corrected chi connectivity index (χ1v) is 10.2. The summed E-state index contributed by atoms with van der Waals surface area (Å²) in [5.74, 6) is 1.16. The molecule has 2 aliphatic heterocycles. The number of piperidine rings is 2. The second-order valence-electron chi connectivity index (χ2n) is 7.57. The third kappa shape index (κ3) is 5.53. The molecular formula is C16H32N2O2S. The van der Waals surface area contributed by atoms with E-state index in [-0.39, 0.29) is 0 Å². The highest BCUT2D eigenvalue weighted by Crippen LogP contribution is 2.31. The molecule has 0 spiro atoms. The molecule has 21 heavy (non-hydrogen) atoms. The van der Waals surface area contributed by atoms with E-state index >= 15 is 0 Å². The van der Waals surface area contributed by atoms with Gasteiger partial charge in [0.05, 0.1) is 5.75 Å². The van der Waals surface area contributed by atoms with E-state index in [9.17, 15) is 8.42 Å². The number of hydrogen-bond donors (Lipinski definition) is 1. The lowest BCUT2D eigenvalue weighted by Crippen LogP contribution is -2.42. The molecular weight excluding hydrogens is 284 g/mol. The van der Waals surface area contributed by atoms with Crippen molar-refractivity contribution in [1.29, 1.82) is 0 Å². The molecule has 0 aromatic heterocycles. The molecule has 2 saturated heterocycles. The predicted molar refractivity (Wildman–Crippen MR) is 87.8 cm³/mol. The van der Waals surface area contributed by atoms with Crippen LogP contribution in [-0.2, 0) is 10.0 Å². The van der Waals surface area contributed by atoms with Gasteiger partial charge in [-0.05, 0) is 56.5 Å². The van der Waals surface area contributed by atoms with Gasteiger partial charge in [-0.3, -0.25) is 0 Å². The molecule has 2 fully saturated rings. The van der Waals surface area contributed by atoms with Gasteiger partial charge in [-0.25, -0.2) is 12.7 Å². The fourth-order valence-electron chi connectivity index (χ4n) is 3.39. The van der Waals surface area contributed by atoms with Gasteiger partial charge in [0.25, 0.3) is 0 Å². The van der Waals surface area contributed by atoms with Gasteiger partial charge >= 0.3 is 0 Å². The fraction of sp³-hybridized carbons (Fsp3) is 1.00. The van der Waals surface area contributed by atoms with Gasteiger partial charge in [-0.1, -0.05) is 26.7 Å². The Kier molecular flexibility index (Phi) is 6.09. The number of unbranched alkanes of at least 4 members (excludes halogenated alkanes) is 1. The molecule has 1 N–H and O–H groups in total. The van der Waals surface area contributed by atoms with Gasteiger partial charge in [0.2, 0.25) is 10.0 Å². The minimum Gasteiger partial charge on any atom is -0.317 e. The number of rotatable bonds is 6. The minimum absolute atomic E-state index is 0.307. The molecule has 0 radical (unpaired) electrons. The van der Waals surface area contributed by atoms with Crippen LogP contribution >= 0.6 is 0 Å². The van der Waals surface area contributed by atoms with Crippen molar-refractivity contribution in [2.75, 3.05) is 31.9 Å². The minimum atomic E-state index is -3.02. The Hall–Kier alpha value is -0.130. The normalized spacial score (nSPS) is 25.0. The Morgan fingerprint density at radius 3 is 2.33 bits per heavy atom. The van der Waals surface area contributed by atoms with E-state index in [0.717, 1.165) is 44.7 Å². The summed E-state index contributed by atoms with van der Waals surface area (Å²) < 4.78 is 26.5. The van der Waals surface area contributed by atoms with Crippen molar-refractivity contribution in [3.05, 3.63) is 0 Å². The summed E-state index contributed by atoms with van der Waals surface area (Å²) in [6.45, 7) is 8.15. The maximum Gasteiger partial charge on any atom is 0.214 e. The van der Waals surface area contributed by atoms with Gasteiger partial charge in [-0.2, -0.15) is 0 Å². The molecule has 4 nitrogen and oxygen atoms in total. The van der Waals surface area contributed by atoms with Crippen molar-refractivity contribution in [3.63, 3.8) is 0 Å². The third-order valence-electron chi connectivity index (χ3n) is 5.19. The largest absolute Gasteiger partial charge is 0.317 e. The maximum atomic E-state index is 12.4. The van der Waals surface area contributed by atoms with Crippen LogP contribution in [0.1, 0.15) is 58.8 Å². The van der Waals surface area contributed by atoms with Gasteiger partial charge < -0.3 is 5.32 Å². The number of nitrogens with zero attached hydrogens (tertiary/aromatic N) is 1. The highest BCUT2D eigenvalue weighted by atomic mass is 32.2. The van der Waals surface area contributed by atoms with Crippen LogP contribution < -0.4 is 5.32 Å². The summed E-state index contributed by atoms with van der Waals surface area (Å²) in [7, 11) is -3.02. The molecule has 2 rings (SSSR count). The molecule has 0 saturated carbocycles. The third-order valence-corrected chi connectivity index (χ3v) is 7.15. The summed E-state index contributed by atoms with van der Waals surface area (Å²) >= 11 is 0. The predicted octanol–water partition coefficient (Wildman–Crippen LogP) is 2.61. The Balaban J connectivity index is 1.67. The van der Waals surface area contributed by atoms with Crippen LogP contribution in [0.2, 0.25) is 0 Å². The summed E-state index contributed by atoms with van der Waals surface area (Å²) in [5, 5.41) is 3.38. The van der Waals surface area contributed by atoms with E-state index in [1.54, 1.807) is 4.31 Å². The monoisotopic (exact) mass is 316 g/mol. The second-order valence-corrected chi connectivity index (χ2v) is 9.66. The van der Waals surface area contributed by atoms with Crippen LogP contribution in [0.5, 0.6) is 0 Å². The summed E-state index contributed by atoms with van der Waals surface area (Å²) in [6.07, 6.45) is 7.57. The quantitative estimate of drug-likeness (QED) is 0.766. The lowest BCUT2D eigenvalue weighted by Gasteiger charge is -2.36. The van der Waals surface area contributed by atoms with E-state index in [0.29, 0.717) is 24.3 Å². The molecule has 0 aliphatic carbocycles. The van der Waals surface area contributed by atoms with Crippen molar-refractivity contribution < 1.29 is 8.42 Å². The number of hydrogen-bond acceptors (Lipinski definition) is 3. The van der Waals surface area contributed by atoms with Crippen LogP contribution in [0.15, 0.2) is 0 Å². The zero-order valence-corrected chi connectivity index (χ0v) is 14.6. The second kappa shape index (κ2) is 7.42. The molecule has 2 aliphatic rings. The van der Waals surface area contributed by atoms with E-state index in [1.807, 2.05) is 0 Å². The van der Waals surface area contributed by atoms with Gasteiger partial charge in [-0.15, -0.1) is 0 Å². The fourth-order valence-corrected chi connectivity index (χ4v) is 4.95. The molecule has 0 amide bonds. The van der Waals surface area contributed by atoms with Crippen molar-refractivity contribution in [3.8, 4) is 0 Å². The molecule has 5 heteroatoms. The zero-order chi connectivity index (χ0) is 15.3. The Labute approximate surface area is 130 Å². The van der Waals surface area contributed by atoms with Crippen LogP contribution in [0.4, 0.5) is 0 Å². The van der Waals surface area contributed by atoms with Crippen molar-refractivity contribution in [1.82, 2.24) is 9.62 Å². The molecule has 0 atom stereocenters. The standard InChI is InChI=1S/C16H32N2O2S/c1-16(2)8-12-18(13-9-16)21(19,20)14-4-3-5-15-6-10-17-11-7-15/h15,17H,3-14H2,1-2H3. The molecule has 124 valence electrons. The Bertz CT molecular complexity index is 404. The first-order chi connectivity index (χ1) is 9.89. The lowest BCUT2D eigenvalue weighted by molar-refractivity contribution is 0.195. The van der Waals surface area contributed by atoms with Gasteiger partial charge in [0, 0.05) is 13.1 Å². The van der Waals surface area contributed by atoms with Gasteiger partial charge in [0.15, 0.2) is 0 Å². The van der Waals surface area contributed by atoms with E-state index < -0.39 is 10.0 Å². The summed E-state index contributed by atoms with van der Waals surface area (Å²) in [5.41, 5.74) is 0.307. The van der Waals surface area contributed by atoms with Crippen LogP contribution in [0.3, 0.4) is 0 Å². The van der Waals surface area contributed by atoms with Crippen molar-refractivity contribution in [2.45, 2.75) is 58.8 Å². The Morgan fingerprint density at radius 1 is 1.10 bits per heavy atom. The van der Waals surface area contributed by atoms with Crippen LogP contribution in [0.25, 0.3) is 0 Å². The average molecular weight is 317 g/mol. The molecule has 0 bridgehead atoms. The molecule has 0 aromatic carbocycles. The molecule has 0 aromatic rings. The lowest BCUT2D eigenvalue weighted by atomic mass is 9.83. The van der Waals surface area contributed by atoms with Gasteiger partial charge in [0.1, 0.15) is 0 Å². The smallest absolute Gasteiger partial charge is 0.214 e. The molecule has 2 heterocycles. The Morgan fingerprint density at radius 2 is 1.71 bits per heavy atom. The van der Waals surface area contributed by atoms with Crippen LogP contribution in [0, 0.1) is 11.3 Å². The number of nitrogens with one attached hydrogen (secondary N) is 1. The van der Waals surface area contributed by atoms with E-state index in [4.69, 9.17) is 0 Å². The van der Waals surface area contributed by atoms with Crippen molar-refractivity contribution in [2.24, 2.45) is 11.3 Å².